The smallest absolute Gasteiger partial charge is 0.427 e. The molecule has 4 aromatic rings. The lowest BCUT2D eigenvalue weighted by atomic mass is 9.78. The lowest BCUT2D eigenvalue weighted by Crippen LogP contribution is -2.19. The summed E-state index contributed by atoms with van der Waals surface area (Å²) in [6, 6.07) is 29.3. The van der Waals surface area contributed by atoms with Crippen LogP contribution in [0.2, 0.25) is 0 Å². The molecule has 0 aliphatic heterocycles. The minimum absolute atomic E-state index is 0.340. The van der Waals surface area contributed by atoms with E-state index in [1.165, 1.54) is 13.8 Å². The van der Waals surface area contributed by atoms with Gasteiger partial charge in [0, 0.05) is 24.7 Å². The fourth-order valence-corrected chi connectivity index (χ4v) is 4.64. The largest absolute Gasteiger partial charge is 0.519 e. The van der Waals surface area contributed by atoms with Gasteiger partial charge in [0.1, 0.15) is 23.0 Å². The molecule has 7 nitrogen and oxygen atoms in total. The minimum atomic E-state index is -0.837. The second-order valence-electron chi connectivity index (χ2n) is 11.0. The van der Waals surface area contributed by atoms with Crippen LogP contribution in [0.1, 0.15) is 63.8 Å². The summed E-state index contributed by atoms with van der Waals surface area (Å²) < 4.78 is 21.1. The van der Waals surface area contributed by atoms with Crippen molar-refractivity contribution in [2.45, 2.75) is 52.4 Å². The van der Waals surface area contributed by atoms with E-state index in [0.29, 0.717) is 23.0 Å². The SMILES string of the molecule is CC(=O)Oc1ccc(C(C)(C)c2ccc(OC(=O)Oc3ccc(C(C)(C)c4ccc(OC(C)=O)cc4)cc3)cc2)cc1. The Morgan fingerprint density at radius 1 is 0.405 bits per heavy atom. The van der Waals surface area contributed by atoms with Gasteiger partial charge in [-0.3, -0.25) is 9.59 Å². The normalized spacial score (nSPS) is 11.4. The highest BCUT2D eigenvalue weighted by atomic mass is 16.7. The quantitative estimate of drug-likeness (QED) is 0.122. The molecule has 0 saturated carbocycles. The van der Waals surface area contributed by atoms with Gasteiger partial charge >= 0.3 is 18.1 Å². The van der Waals surface area contributed by atoms with E-state index in [0.717, 1.165) is 22.3 Å². The molecule has 0 amide bonds. The van der Waals surface area contributed by atoms with Gasteiger partial charge < -0.3 is 18.9 Å². The second-order valence-corrected chi connectivity index (χ2v) is 11.0. The number of hydrogen-bond acceptors (Lipinski definition) is 7. The minimum Gasteiger partial charge on any atom is -0.427 e. The van der Waals surface area contributed by atoms with Crippen molar-refractivity contribution in [3.8, 4) is 23.0 Å². The number of ether oxygens (including phenoxy) is 4. The zero-order valence-electron chi connectivity index (χ0n) is 24.6. The van der Waals surface area contributed by atoms with Crippen molar-refractivity contribution in [1.82, 2.24) is 0 Å². The third kappa shape index (κ3) is 7.23. The number of esters is 2. The highest BCUT2D eigenvalue weighted by Gasteiger charge is 2.25. The van der Waals surface area contributed by atoms with Crippen molar-refractivity contribution in [3.05, 3.63) is 119 Å². The van der Waals surface area contributed by atoms with Crippen LogP contribution in [0.25, 0.3) is 0 Å². The summed E-state index contributed by atoms with van der Waals surface area (Å²) in [6.45, 7) is 11.1. The predicted molar refractivity (Wildman–Crippen MR) is 159 cm³/mol. The zero-order chi connectivity index (χ0) is 30.5. The van der Waals surface area contributed by atoms with Crippen LogP contribution in [-0.4, -0.2) is 18.1 Å². The van der Waals surface area contributed by atoms with E-state index in [-0.39, 0.29) is 22.8 Å². The Hall–Kier alpha value is -4.91. The molecule has 0 saturated heterocycles. The van der Waals surface area contributed by atoms with Gasteiger partial charge in [-0.05, 0) is 70.8 Å². The molecule has 0 unspecified atom stereocenters. The lowest BCUT2D eigenvalue weighted by molar-refractivity contribution is -0.132. The standard InChI is InChI=1S/C35H34O7/c1-23(36)39-29-15-7-25(8-16-29)34(3,4)27-11-19-31(20-12-27)41-33(38)42-32-21-13-28(14-22-32)35(5,6)26-9-17-30(18-10-26)40-24(2)37/h7-22H,1-6H3. The van der Waals surface area contributed by atoms with Crippen LogP contribution in [-0.2, 0) is 20.4 Å². The molecule has 0 aliphatic carbocycles. The van der Waals surface area contributed by atoms with Gasteiger partial charge in [-0.2, -0.15) is 0 Å². The molecule has 0 spiro atoms. The van der Waals surface area contributed by atoms with Crippen molar-refractivity contribution >= 4 is 18.1 Å². The summed E-state index contributed by atoms with van der Waals surface area (Å²) >= 11 is 0. The maximum Gasteiger partial charge on any atom is 0.519 e. The first kappa shape index (κ1) is 30.1. The average molecular weight is 567 g/mol. The van der Waals surface area contributed by atoms with Crippen molar-refractivity contribution in [3.63, 3.8) is 0 Å². The molecule has 0 aromatic heterocycles. The topological polar surface area (TPSA) is 88.1 Å². The Balaban J connectivity index is 1.36. The molecule has 0 fully saturated rings. The van der Waals surface area contributed by atoms with Crippen LogP contribution >= 0.6 is 0 Å². The molecule has 42 heavy (non-hydrogen) atoms. The van der Waals surface area contributed by atoms with Crippen LogP contribution in [0.4, 0.5) is 4.79 Å². The van der Waals surface area contributed by atoms with E-state index in [1.54, 1.807) is 48.5 Å². The molecule has 0 radical (unpaired) electrons. The number of benzene rings is 4. The highest BCUT2D eigenvalue weighted by molar-refractivity contribution is 5.70. The molecule has 0 heterocycles. The number of carbonyl (C=O) groups is 3. The van der Waals surface area contributed by atoms with E-state index < -0.39 is 6.16 Å². The summed E-state index contributed by atoms with van der Waals surface area (Å²) in [6.07, 6.45) is -0.837. The summed E-state index contributed by atoms with van der Waals surface area (Å²) in [5.74, 6) is 0.987. The van der Waals surface area contributed by atoms with Gasteiger partial charge in [-0.25, -0.2) is 4.79 Å². The molecule has 216 valence electrons. The van der Waals surface area contributed by atoms with Crippen LogP contribution in [0.15, 0.2) is 97.1 Å². The maximum atomic E-state index is 12.5. The Labute approximate surface area is 246 Å². The van der Waals surface area contributed by atoms with Gasteiger partial charge in [0.2, 0.25) is 0 Å². The Bertz CT molecular complexity index is 1430. The van der Waals surface area contributed by atoms with E-state index >= 15 is 0 Å². The van der Waals surface area contributed by atoms with Crippen LogP contribution in [0.3, 0.4) is 0 Å². The fraction of sp³-hybridized carbons (Fsp3) is 0.229. The summed E-state index contributed by atoms with van der Waals surface area (Å²) in [5.41, 5.74) is 3.43. The molecule has 0 aliphatic rings. The molecule has 7 heteroatoms. The number of hydrogen-bond donors (Lipinski definition) is 0. The van der Waals surface area contributed by atoms with Gasteiger partial charge in [-0.15, -0.1) is 0 Å². The van der Waals surface area contributed by atoms with Crippen molar-refractivity contribution < 1.29 is 33.3 Å². The van der Waals surface area contributed by atoms with E-state index in [4.69, 9.17) is 18.9 Å². The van der Waals surface area contributed by atoms with Crippen molar-refractivity contribution in [2.75, 3.05) is 0 Å². The van der Waals surface area contributed by atoms with Crippen molar-refractivity contribution in [1.29, 1.82) is 0 Å². The maximum absolute atomic E-state index is 12.5. The van der Waals surface area contributed by atoms with E-state index in [2.05, 4.69) is 27.7 Å². The number of carbonyl (C=O) groups excluding carboxylic acids is 3. The first-order valence-corrected chi connectivity index (χ1v) is 13.5. The molecule has 0 bridgehead atoms. The molecule has 4 aromatic carbocycles. The fourth-order valence-electron chi connectivity index (χ4n) is 4.64. The lowest BCUT2D eigenvalue weighted by Gasteiger charge is -2.26. The Morgan fingerprint density at radius 3 is 0.833 bits per heavy atom. The summed E-state index contributed by atoms with van der Waals surface area (Å²) in [5, 5.41) is 0. The van der Waals surface area contributed by atoms with E-state index in [9.17, 15) is 14.4 Å². The van der Waals surface area contributed by atoms with Gasteiger partial charge in [0.05, 0.1) is 0 Å². The van der Waals surface area contributed by atoms with Crippen LogP contribution in [0, 0.1) is 0 Å². The predicted octanol–water partition coefficient (Wildman–Crippen LogP) is 7.77. The molecular weight excluding hydrogens is 532 g/mol. The summed E-state index contributed by atoms with van der Waals surface area (Å²) in [7, 11) is 0. The average Bonchev–Trinajstić information content (AvgIpc) is 2.93. The van der Waals surface area contributed by atoms with Crippen molar-refractivity contribution in [2.24, 2.45) is 0 Å². The first-order chi connectivity index (χ1) is 19.8. The molecule has 0 atom stereocenters. The zero-order valence-corrected chi connectivity index (χ0v) is 24.6. The van der Waals surface area contributed by atoms with Gasteiger partial charge in [0.15, 0.2) is 0 Å². The highest BCUT2D eigenvalue weighted by Crippen LogP contribution is 2.35. The number of rotatable bonds is 8. The van der Waals surface area contributed by atoms with Gasteiger partial charge in [-0.1, -0.05) is 76.2 Å². The monoisotopic (exact) mass is 566 g/mol. The third-order valence-electron chi connectivity index (χ3n) is 7.23. The summed E-state index contributed by atoms with van der Waals surface area (Å²) in [4.78, 5) is 34.8. The van der Waals surface area contributed by atoms with Crippen LogP contribution in [0.5, 0.6) is 23.0 Å². The van der Waals surface area contributed by atoms with Crippen LogP contribution < -0.4 is 18.9 Å². The first-order valence-electron chi connectivity index (χ1n) is 13.5. The second kappa shape index (κ2) is 12.3. The Morgan fingerprint density at radius 2 is 0.619 bits per heavy atom. The Kier molecular flexibility index (Phi) is 8.81. The van der Waals surface area contributed by atoms with Gasteiger partial charge in [0.25, 0.3) is 0 Å². The molecule has 0 N–H and O–H groups in total. The van der Waals surface area contributed by atoms with E-state index in [1.807, 2.05) is 48.5 Å². The molecular formula is C35H34O7. The third-order valence-corrected chi connectivity index (χ3v) is 7.23. The molecule has 4 rings (SSSR count).